The SMILES string of the molecule is Cn1cnc2c1[C@H](C(=O)NCc1cccs1)N(C(=O)c1ccccc1)CC2. The quantitative estimate of drug-likeness (QED) is 0.756. The minimum atomic E-state index is -0.686. The van der Waals surface area contributed by atoms with Gasteiger partial charge in [-0.15, -0.1) is 11.3 Å². The smallest absolute Gasteiger partial charge is 0.254 e. The van der Waals surface area contributed by atoms with E-state index in [0.717, 1.165) is 16.3 Å². The number of benzene rings is 1. The van der Waals surface area contributed by atoms with Crippen molar-refractivity contribution in [1.82, 2.24) is 19.8 Å². The van der Waals surface area contributed by atoms with Crippen LogP contribution < -0.4 is 5.32 Å². The predicted molar refractivity (Wildman–Crippen MR) is 103 cm³/mol. The molecule has 27 heavy (non-hydrogen) atoms. The number of rotatable bonds is 4. The fourth-order valence-corrected chi connectivity index (χ4v) is 4.09. The lowest BCUT2D eigenvalue weighted by molar-refractivity contribution is -0.126. The van der Waals surface area contributed by atoms with Crippen LogP contribution in [0, 0.1) is 0 Å². The molecule has 4 rings (SSSR count). The highest BCUT2D eigenvalue weighted by molar-refractivity contribution is 7.09. The molecule has 3 heterocycles. The molecule has 138 valence electrons. The van der Waals surface area contributed by atoms with Gasteiger partial charge in [-0.1, -0.05) is 24.3 Å². The molecule has 1 aliphatic heterocycles. The topological polar surface area (TPSA) is 67.2 Å². The Morgan fingerprint density at radius 3 is 2.78 bits per heavy atom. The van der Waals surface area contributed by atoms with Gasteiger partial charge in [0.05, 0.1) is 24.3 Å². The number of carbonyl (C=O) groups excluding carboxylic acids is 2. The van der Waals surface area contributed by atoms with Gasteiger partial charge in [0, 0.05) is 30.5 Å². The maximum absolute atomic E-state index is 13.1. The van der Waals surface area contributed by atoms with Crippen LogP contribution in [0.5, 0.6) is 0 Å². The van der Waals surface area contributed by atoms with Crippen LogP contribution in [-0.2, 0) is 24.8 Å². The number of nitrogens with zero attached hydrogens (tertiary/aromatic N) is 3. The minimum Gasteiger partial charge on any atom is -0.349 e. The van der Waals surface area contributed by atoms with E-state index in [2.05, 4.69) is 10.3 Å². The maximum Gasteiger partial charge on any atom is 0.254 e. The Morgan fingerprint density at radius 1 is 1.22 bits per heavy atom. The van der Waals surface area contributed by atoms with Crippen LogP contribution in [0.3, 0.4) is 0 Å². The van der Waals surface area contributed by atoms with Crippen molar-refractivity contribution in [2.45, 2.75) is 19.0 Å². The Kier molecular flexibility index (Phi) is 4.77. The van der Waals surface area contributed by atoms with Crippen molar-refractivity contribution in [3.8, 4) is 0 Å². The van der Waals surface area contributed by atoms with Crippen LogP contribution in [0.1, 0.15) is 32.7 Å². The third-order valence-electron chi connectivity index (χ3n) is 4.77. The molecule has 0 bridgehead atoms. The van der Waals surface area contributed by atoms with E-state index < -0.39 is 6.04 Å². The molecule has 0 saturated carbocycles. The second-order valence-corrected chi connectivity index (χ2v) is 7.53. The van der Waals surface area contributed by atoms with Gasteiger partial charge in [0.15, 0.2) is 6.04 Å². The monoisotopic (exact) mass is 380 g/mol. The molecule has 0 fully saturated rings. The van der Waals surface area contributed by atoms with Crippen molar-refractivity contribution >= 4 is 23.2 Å². The first kappa shape index (κ1) is 17.5. The molecule has 0 unspecified atom stereocenters. The molecule has 1 atom stereocenters. The number of hydrogen-bond donors (Lipinski definition) is 1. The minimum absolute atomic E-state index is 0.140. The van der Waals surface area contributed by atoms with Crippen LogP contribution in [-0.4, -0.2) is 32.8 Å². The highest BCUT2D eigenvalue weighted by atomic mass is 32.1. The number of imidazole rings is 1. The van der Waals surface area contributed by atoms with E-state index in [1.807, 2.05) is 47.3 Å². The largest absolute Gasteiger partial charge is 0.349 e. The van der Waals surface area contributed by atoms with Gasteiger partial charge >= 0.3 is 0 Å². The number of carbonyl (C=O) groups is 2. The number of amides is 2. The van der Waals surface area contributed by atoms with Crippen molar-refractivity contribution in [1.29, 1.82) is 0 Å². The lowest BCUT2D eigenvalue weighted by Crippen LogP contribution is -2.47. The summed E-state index contributed by atoms with van der Waals surface area (Å²) in [6.07, 6.45) is 2.35. The summed E-state index contributed by atoms with van der Waals surface area (Å²) in [5.74, 6) is -0.323. The van der Waals surface area contributed by atoms with Gasteiger partial charge in [0.1, 0.15) is 0 Å². The van der Waals surface area contributed by atoms with E-state index in [0.29, 0.717) is 25.1 Å². The lowest BCUT2D eigenvalue weighted by atomic mass is 10.00. The Morgan fingerprint density at radius 2 is 2.04 bits per heavy atom. The molecule has 7 heteroatoms. The van der Waals surface area contributed by atoms with E-state index in [1.165, 1.54) is 0 Å². The van der Waals surface area contributed by atoms with Crippen LogP contribution in [0.15, 0.2) is 54.2 Å². The molecule has 1 aromatic carbocycles. The van der Waals surface area contributed by atoms with Gasteiger partial charge in [-0.05, 0) is 23.6 Å². The normalized spacial score (nSPS) is 16.0. The molecule has 0 aliphatic carbocycles. The van der Waals surface area contributed by atoms with Crippen LogP contribution in [0.2, 0.25) is 0 Å². The number of nitrogens with one attached hydrogen (secondary N) is 1. The molecule has 0 spiro atoms. The first-order chi connectivity index (χ1) is 13.1. The molecule has 1 aliphatic rings. The van der Waals surface area contributed by atoms with Crippen LogP contribution in [0.4, 0.5) is 0 Å². The zero-order valence-corrected chi connectivity index (χ0v) is 15.8. The van der Waals surface area contributed by atoms with Gasteiger partial charge in [0.2, 0.25) is 5.91 Å². The molecule has 3 aromatic rings. The fraction of sp³-hybridized carbons (Fsp3) is 0.250. The van der Waals surface area contributed by atoms with E-state index in [9.17, 15) is 9.59 Å². The van der Waals surface area contributed by atoms with E-state index in [-0.39, 0.29) is 11.8 Å². The van der Waals surface area contributed by atoms with Crippen molar-refractivity contribution in [3.05, 3.63) is 76.0 Å². The van der Waals surface area contributed by atoms with Gasteiger partial charge < -0.3 is 14.8 Å². The first-order valence-electron chi connectivity index (χ1n) is 8.81. The highest BCUT2D eigenvalue weighted by Crippen LogP contribution is 2.30. The summed E-state index contributed by atoms with van der Waals surface area (Å²) < 4.78 is 1.84. The molecular weight excluding hydrogens is 360 g/mol. The average Bonchev–Trinajstić information content (AvgIpc) is 3.35. The number of aromatic nitrogens is 2. The summed E-state index contributed by atoms with van der Waals surface area (Å²) in [4.78, 5) is 33.4. The zero-order chi connectivity index (χ0) is 18.8. The molecule has 2 aromatic heterocycles. The fourth-order valence-electron chi connectivity index (χ4n) is 3.45. The van der Waals surface area contributed by atoms with Crippen molar-refractivity contribution < 1.29 is 9.59 Å². The molecule has 2 amide bonds. The number of aryl methyl sites for hydroxylation is 1. The number of hydrogen-bond acceptors (Lipinski definition) is 4. The summed E-state index contributed by atoms with van der Waals surface area (Å²) in [5.41, 5.74) is 2.25. The van der Waals surface area contributed by atoms with E-state index in [4.69, 9.17) is 0 Å². The summed E-state index contributed by atoms with van der Waals surface area (Å²) in [7, 11) is 1.86. The second-order valence-electron chi connectivity index (χ2n) is 6.50. The van der Waals surface area contributed by atoms with Gasteiger partial charge in [0.25, 0.3) is 5.91 Å². The third-order valence-corrected chi connectivity index (χ3v) is 5.65. The highest BCUT2D eigenvalue weighted by Gasteiger charge is 2.38. The summed E-state index contributed by atoms with van der Waals surface area (Å²) in [6.45, 7) is 0.919. The third kappa shape index (κ3) is 3.38. The van der Waals surface area contributed by atoms with E-state index in [1.54, 1.807) is 34.7 Å². The lowest BCUT2D eigenvalue weighted by Gasteiger charge is -2.35. The Hall–Kier alpha value is -2.93. The summed E-state index contributed by atoms with van der Waals surface area (Å²) in [5, 5.41) is 4.96. The zero-order valence-electron chi connectivity index (χ0n) is 15.0. The Bertz CT molecular complexity index is 950. The molecule has 0 radical (unpaired) electrons. The van der Waals surface area contributed by atoms with Gasteiger partial charge in [-0.2, -0.15) is 0 Å². The summed E-state index contributed by atoms with van der Waals surface area (Å²) >= 11 is 1.59. The number of fused-ring (bicyclic) bond motifs is 1. The second kappa shape index (κ2) is 7.36. The Labute approximate surface area is 161 Å². The standard InChI is InChI=1S/C20H20N4O2S/c1-23-13-22-16-9-10-24(20(26)14-6-3-2-4-7-14)18(17(16)23)19(25)21-12-15-8-5-11-27-15/h2-8,11,13,18H,9-10,12H2,1H3,(H,21,25)/t18-/m1/s1. The van der Waals surface area contributed by atoms with Crippen LogP contribution >= 0.6 is 11.3 Å². The average molecular weight is 380 g/mol. The molecular formula is C20H20N4O2S. The predicted octanol–water partition coefficient (Wildman–Crippen LogP) is 2.54. The Balaban J connectivity index is 1.64. The van der Waals surface area contributed by atoms with Gasteiger partial charge in [-0.25, -0.2) is 4.98 Å². The van der Waals surface area contributed by atoms with Crippen LogP contribution in [0.25, 0.3) is 0 Å². The van der Waals surface area contributed by atoms with Crippen molar-refractivity contribution in [3.63, 3.8) is 0 Å². The van der Waals surface area contributed by atoms with Crippen molar-refractivity contribution in [2.24, 2.45) is 7.05 Å². The molecule has 1 N–H and O–H groups in total. The number of thiophene rings is 1. The van der Waals surface area contributed by atoms with E-state index >= 15 is 0 Å². The van der Waals surface area contributed by atoms with Crippen molar-refractivity contribution in [2.75, 3.05) is 6.54 Å². The molecule has 6 nitrogen and oxygen atoms in total. The maximum atomic E-state index is 13.1. The molecule has 0 saturated heterocycles. The van der Waals surface area contributed by atoms with Gasteiger partial charge in [-0.3, -0.25) is 9.59 Å². The summed E-state index contributed by atoms with van der Waals surface area (Å²) in [6, 6.07) is 12.3. The first-order valence-corrected chi connectivity index (χ1v) is 9.69.